The second-order valence-electron chi connectivity index (χ2n) is 3.58. The van der Waals surface area contributed by atoms with E-state index < -0.39 is 11.5 Å². The number of rotatable bonds is 5. The van der Waals surface area contributed by atoms with E-state index in [1.54, 1.807) is 18.3 Å². The molecule has 84 valence electrons. The predicted molar refractivity (Wildman–Crippen MR) is 65.2 cm³/mol. The van der Waals surface area contributed by atoms with Crippen molar-refractivity contribution in [3.8, 4) is 0 Å². The average Bonchev–Trinajstić information content (AvgIpc) is 2.60. The Morgan fingerprint density at radius 3 is 2.80 bits per heavy atom. The highest BCUT2D eigenvalue weighted by Crippen LogP contribution is 2.20. The number of hydrogen-bond donors (Lipinski definition) is 2. The molecule has 0 aliphatic rings. The van der Waals surface area contributed by atoms with E-state index in [0.717, 1.165) is 9.35 Å². The third-order valence-electron chi connectivity index (χ3n) is 2.45. The predicted octanol–water partition coefficient (Wildman–Crippen LogP) is 2.85. The fraction of sp³-hybridized carbons (Fsp3) is 0.500. The van der Waals surface area contributed by atoms with Gasteiger partial charge in [-0.2, -0.15) is 0 Å². The lowest BCUT2D eigenvalue weighted by Gasteiger charge is -2.24. The first-order valence-corrected chi connectivity index (χ1v) is 6.36. The topological polar surface area (TPSA) is 49.3 Å². The van der Waals surface area contributed by atoms with Gasteiger partial charge < -0.3 is 5.11 Å². The van der Waals surface area contributed by atoms with Crippen molar-refractivity contribution in [1.82, 2.24) is 5.32 Å². The van der Waals surface area contributed by atoms with Crippen LogP contribution in [0.2, 0.25) is 0 Å². The Morgan fingerprint density at radius 2 is 2.40 bits per heavy atom. The largest absolute Gasteiger partial charge is 0.480 e. The van der Waals surface area contributed by atoms with Gasteiger partial charge in [-0.05, 0) is 35.3 Å². The summed E-state index contributed by atoms with van der Waals surface area (Å²) >= 11 is 4.98. The van der Waals surface area contributed by atoms with Crippen LogP contribution in [0.5, 0.6) is 0 Å². The molecule has 3 nitrogen and oxygen atoms in total. The molecule has 1 rings (SSSR count). The summed E-state index contributed by atoms with van der Waals surface area (Å²) < 4.78 is 1.04. The number of aliphatic carboxylic acids is 1. The summed E-state index contributed by atoms with van der Waals surface area (Å²) in [7, 11) is 0. The van der Waals surface area contributed by atoms with Crippen molar-refractivity contribution < 1.29 is 9.90 Å². The maximum absolute atomic E-state index is 11.0. The zero-order valence-electron chi connectivity index (χ0n) is 8.71. The summed E-state index contributed by atoms with van der Waals surface area (Å²) in [5.74, 6) is -0.805. The first-order valence-electron chi connectivity index (χ1n) is 4.69. The monoisotopic (exact) mass is 291 g/mol. The summed E-state index contributed by atoms with van der Waals surface area (Å²) in [6.07, 6.45) is 0.564. The summed E-state index contributed by atoms with van der Waals surface area (Å²) in [4.78, 5) is 12.1. The van der Waals surface area contributed by atoms with E-state index in [9.17, 15) is 4.79 Å². The Kier molecular flexibility index (Phi) is 4.31. The maximum atomic E-state index is 11.0. The van der Waals surface area contributed by atoms with Crippen LogP contribution < -0.4 is 5.32 Å². The molecule has 15 heavy (non-hydrogen) atoms. The summed E-state index contributed by atoms with van der Waals surface area (Å²) in [5.41, 5.74) is -0.837. The molecule has 1 aromatic heterocycles. The van der Waals surface area contributed by atoms with Crippen molar-refractivity contribution in [3.63, 3.8) is 0 Å². The first kappa shape index (κ1) is 12.7. The second-order valence-corrected chi connectivity index (χ2v) is 5.49. The van der Waals surface area contributed by atoms with Crippen molar-refractivity contribution in [1.29, 1.82) is 0 Å². The number of nitrogens with one attached hydrogen (secondary N) is 1. The molecule has 1 atom stereocenters. The number of halogens is 1. The Hall–Kier alpha value is -0.390. The minimum absolute atomic E-state index is 0.564. The fourth-order valence-corrected chi connectivity index (χ4v) is 2.47. The molecule has 0 aliphatic carbocycles. The van der Waals surface area contributed by atoms with Crippen molar-refractivity contribution in [2.24, 2.45) is 0 Å². The highest BCUT2D eigenvalue weighted by molar-refractivity contribution is 9.10. The molecule has 0 fully saturated rings. The summed E-state index contributed by atoms with van der Waals surface area (Å²) in [6, 6.07) is 2.00. The van der Waals surface area contributed by atoms with E-state index in [4.69, 9.17) is 5.11 Å². The number of carboxylic acids is 1. The normalized spacial score (nSPS) is 14.9. The van der Waals surface area contributed by atoms with E-state index >= 15 is 0 Å². The third kappa shape index (κ3) is 3.29. The lowest BCUT2D eigenvalue weighted by Crippen LogP contribution is -2.48. The van der Waals surface area contributed by atoms with Crippen LogP contribution in [0.1, 0.15) is 25.1 Å². The van der Waals surface area contributed by atoms with Gasteiger partial charge in [0.15, 0.2) is 0 Å². The van der Waals surface area contributed by atoms with Crippen LogP contribution in [0.3, 0.4) is 0 Å². The molecule has 0 amide bonds. The molecule has 0 saturated carbocycles. The van der Waals surface area contributed by atoms with Crippen LogP contribution in [0.25, 0.3) is 0 Å². The van der Waals surface area contributed by atoms with Crippen LogP contribution >= 0.6 is 27.3 Å². The van der Waals surface area contributed by atoms with E-state index in [-0.39, 0.29) is 0 Å². The van der Waals surface area contributed by atoms with Gasteiger partial charge in [-0.1, -0.05) is 6.92 Å². The van der Waals surface area contributed by atoms with E-state index in [0.29, 0.717) is 13.0 Å². The van der Waals surface area contributed by atoms with Crippen LogP contribution in [-0.4, -0.2) is 16.6 Å². The van der Waals surface area contributed by atoms with Crippen molar-refractivity contribution in [2.45, 2.75) is 32.4 Å². The van der Waals surface area contributed by atoms with Gasteiger partial charge in [-0.3, -0.25) is 10.1 Å². The molecule has 0 aromatic carbocycles. The lowest BCUT2D eigenvalue weighted by atomic mass is 9.99. The molecule has 0 radical (unpaired) electrons. The quantitative estimate of drug-likeness (QED) is 0.877. The zero-order chi connectivity index (χ0) is 11.5. The molecule has 0 bridgehead atoms. The van der Waals surface area contributed by atoms with Crippen molar-refractivity contribution in [2.75, 3.05) is 0 Å². The molecule has 5 heteroatoms. The van der Waals surface area contributed by atoms with Gasteiger partial charge in [-0.15, -0.1) is 11.3 Å². The maximum Gasteiger partial charge on any atom is 0.323 e. The minimum atomic E-state index is -0.837. The molecule has 0 spiro atoms. The first-order chi connectivity index (χ1) is 6.98. The van der Waals surface area contributed by atoms with Gasteiger partial charge in [0, 0.05) is 21.3 Å². The van der Waals surface area contributed by atoms with E-state index in [1.807, 2.05) is 18.4 Å². The number of carboxylic acid groups (broad SMARTS) is 1. The Bertz CT molecular complexity index is 353. The average molecular weight is 292 g/mol. The van der Waals surface area contributed by atoms with E-state index in [2.05, 4.69) is 21.2 Å². The Balaban J connectivity index is 2.59. The van der Waals surface area contributed by atoms with Crippen LogP contribution in [0.4, 0.5) is 0 Å². The summed E-state index contributed by atoms with van der Waals surface area (Å²) in [5, 5.41) is 14.1. The second kappa shape index (κ2) is 5.09. The molecule has 1 aromatic rings. The SMILES string of the molecule is CCC(C)(NCc1cc(Br)cs1)C(=O)O. The van der Waals surface area contributed by atoms with Crippen LogP contribution in [0, 0.1) is 0 Å². The van der Waals surface area contributed by atoms with Gasteiger partial charge in [0.25, 0.3) is 0 Å². The molecule has 1 unspecified atom stereocenters. The molecule has 0 saturated heterocycles. The summed E-state index contributed by atoms with van der Waals surface area (Å²) in [6.45, 7) is 4.16. The molecule has 0 aliphatic heterocycles. The van der Waals surface area contributed by atoms with Crippen LogP contribution in [0.15, 0.2) is 15.9 Å². The van der Waals surface area contributed by atoms with E-state index in [1.165, 1.54) is 0 Å². The number of carbonyl (C=O) groups is 1. The molecular formula is C10H14BrNO2S. The van der Waals surface area contributed by atoms with Gasteiger partial charge in [0.2, 0.25) is 0 Å². The Morgan fingerprint density at radius 1 is 1.73 bits per heavy atom. The van der Waals surface area contributed by atoms with Gasteiger partial charge in [-0.25, -0.2) is 0 Å². The third-order valence-corrected chi connectivity index (χ3v) is 4.15. The van der Waals surface area contributed by atoms with Gasteiger partial charge >= 0.3 is 5.97 Å². The van der Waals surface area contributed by atoms with Crippen LogP contribution in [-0.2, 0) is 11.3 Å². The smallest absolute Gasteiger partial charge is 0.323 e. The number of thiophene rings is 1. The molecular weight excluding hydrogens is 278 g/mol. The highest BCUT2D eigenvalue weighted by atomic mass is 79.9. The van der Waals surface area contributed by atoms with Crippen molar-refractivity contribution >= 4 is 33.2 Å². The minimum Gasteiger partial charge on any atom is -0.480 e. The standard InChI is InChI=1S/C10H14BrNO2S/c1-3-10(2,9(13)14)12-5-8-4-7(11)6-15-8/h4,6,12H,3,5H2,1-2H3,(H,13,14). The lowest BCUT2D eigenvalue weighted by molar-refractivity contribution is -0.144. The molecule has 1 heterocycles. The Labute approximate surface area is 102 Å². The van der Waals surface area contributed by atoms with Gasteiger partial charge in [0.1, 0.15) is 5.54 Å². The van der Waals surface area contributed by atoms with Crippen molar-refractivity contribution in [3.05, 3.63) is 20.8 Å². The highest BCUT2D eigenvalue weighted by Gasteiger charge is 2.30. The molecule has 2 N–H and O–H groups in total. The van der Waals surface area contributed by atoms with Gasteiger partial charge in [0.05, 0.1) is 0 Å². The zero-order valence-corrected chi connectivity index (χ0v) is 11.1. The fourth-order valence-electron chi connectivity index (χ4n) is 1.08. The number of hydrogen-bond acceptors (Lipinski definition) is 3.